The van der Waals surface area contributed by atoms with Gasteiger partial charge in [0.15, 0.2) is 12.3 Å². The van der Waals surface area contributed by atoms with E-state index in [0.717, 1.165) is 5.56 Å². The van der Waals surface area contributed by atoms with Gasteiger partial charge in [0.05, 0.1) is 19.0 Å². The smallest absolute Gasteiger partial charge is 0.352 e. The Morgan fingerprint density at radius 1 is 1.00 bits per heavy atom. The molecule has 1 saturated heterocycles. The molecule has 0 unspecified atom stereocenters. The van der Waals surface area contributed by atoms with E-state index in [-0.39, 0.29) is 18.1 Å². The van der Waals surface area contributed by atoms with Gasteiger partial charge in [-0.1, -0.05) is 48.5 Å². The minimum absolute atomic E-state index is 0.146. The van der Waals surface area contributed by atoms with Gasteiger partial charge in [-0.2, -0.15) is 0 Å². The first-order chi connectivity index (χ1) is 16.8. The van der Waals surface area contributed by atoms with Gasteiger partial charge in [0.25, 0.3) is 5.79 Å². The molecule has 2 aliphatic heterocycles. The van der Waals surface area contributed by atoms with Crippen LogP contribution in [-0.4, -0.2) is 55.1 Å². The van der Waals surface area contributed by atoms with Crippen LogP contribution in [0.1, 0.15) is 19.4 Å². The molecule has 9 nitrogen and oxygen atoms in total. The van der Waals surface area contributed by atoms with Crippen molar-refractivity contribution < 1.29 is 28.6 Å². The van der Waals surface area contributed by atoms with Crippen LogP contribution < -0.4 is 4.90 Å². The summed E-state index contributed by atoms with van der Waals surface area (Å²) in [4.78, 5) is 35.2. The summed E-state index contributed by atoms with van der Waals surface area (Å²) in [5, 5.41) is 1.50. The van der Waals surface area contributed by atoms with E-state index in [2.05, 4.69) is 0 Å². The number of ether oxygens (including phenoxy) is 3. The number of rotatable bonds is 8. The van der Waals surface area contributed by atoms with Gasteiger partial charge in [-0.25, -0.2) is 14.7 Å². The van der Waals surface area contributed by atoms with Crippen molar-refractivity contribution in [3.05, 3.63) is 89.7 Å². The number of anilines is 1. The lowest BCUT2D eigenvalue weighted by molar-refractivity contribution is -0.222. The quantitative estimate of drug-likeness (QED) is 0.322. The highest BCUT2D eigenvalue weighted by Gasteiger charge is 2.44. The lowest BCUT2D eigenvalue weighted by Gasteiger charge is -2.37. The van der Waals surface area contributed by atoms with E-state index >= 15 is 0 Å². The first kappa shape index (κ1) is 24.2. The molecule has 0 spiro atoms. The SMILES string of the molecule is CON1C=C(N(C(=C2C(=O)OC(C)(C)OC2=O)N(C)CCc2ccccc2)c2ccccc2)OC1. The van der Waals surface area contributed by atoms with E-state index in [4.69, 9.17) is 19.0 Å². The van der Waals surface area contributed by atoms with E-state index < -0.39 is 17.7 Å². The van der Waals surface area contributed by atoms with Crippen LogP contribution in [-0.2, 0) is 35.1 Å². The van der Waals surface area contributed by atoms with E-state index in [9.17, 15) is 9.59 Å². The fourth-order valence-electron chi connectivity index (χ4n) is 3.84. The largest absolute Gasteiger partial charge is 0.454 e. The summed E-state index contributed by atoms with van der Waals surface area (Å²) in [6.45, 7) is 3.68. The molecule has 2 aromatic carbocycles. The van der Waals surface area contributed by atoms with Gasteiger partial charge in [0.1, 0.15) is 5.82 Å². The van der Waals surface area contributed by atoms with Crippen LogP contribution in [0, 0.1) is 0 Å². The molecular weight excluding hydrogens is 450 g/mol. The third-order valence-corrected chi connectivity index (χ3v) is 5.52. The third kappa shape index (κ3) is 5.41. The summed E-state index contributed by atoms with van der Waals surface area (Å²) in [5.74, 6) is -2.25. The molecule has 0 radical (unpaired) electrons. The van der Waals surface area contributed by atoms with E-state index in [1.54, 1.807) is 11.1 Å². The second kappa shape index (κ2) is 10.1. The van der Waals surface area contributed by atoms with Crippen LogP contribution in [0.15, 0.2) is 84.1 Å². The molecule has 0 aromatic heterocycles. The fraction of sp³-hybridized carbons (Fsp3) is 0.308. The van der Waals surface area contributed by atoms with Gasteiger partial charge >= 0.3 is 11.9 Å². The number of hydroxylamine groups is 2. The topological polar surface area (TPSA) is 80.8 Å². The Morgan fingerprint density at radius 2 is 1.60 bits per heavy atom. The lowest BCUT2D eigenvalue weighted by Crippen LogP contribution is -2.46. The number of carbonyl (C=O) groups excluding carboxylic acids is 2. The lowest BCUT2D eigenvalue weighted by atomic mass is 10.1. The zero-order valence-corrected chi connectivity index (χ0v) is 20.3. The van der Waals surface area contributed by atoms with E-state index in [1.807, 2.05) is 72.6 Å². The molecule has 0 atom stereocenters. The van der Waals surface area contributed by atoms with Crippen LogP contribution in [0.5, 0.6) is 0 Å². The fourth-order valence-corrected chi connectivity index (χ4v) is 3.84. The van der Waals surface area contributed by atoms with Crippen molar-refractivity contribution in [1.82, 2.24) is 9.96 Å². The van der Waals surface area contributed by atoms with Gasteiger partial charge in [0.2, 0.25) is 5.88 Å². The van der Waals surface area contributed by atoms with Gasteiger partial charge in [-0.15, -0.1) is 0 Å². The Morgan fingerprint density at radius 3 is 2.17 bits per heavy atom. The normalized spacial score (nSPS) is 16.7. The highest BCUT2D eigenvalue weighted by atomic mass is 16.7. The average molecular weight is 480 g/mol. The Bertz CT molecular complexity index is 1110. The zero-order valence-electron chi connectivity index (χ0n) is 20.3. The van der Waals surface area contributed by atoms with Crippen LogP contribution in [0.2, 0.25) is 0 Å². The van der Waals surface area contributed by atoms with Crippen LogP contribution >= 0.6 is 0 Å². The molecule has 2 heterocycles. The van der Waals surface area contributed by atoms with Gasteiger partial charge in [-0.05, 0) is 24.1 Å². The molecule has 0 amide bonds. The van der Waals surface area contributed by atoms with Crippen molar-refractivity contribution in [1.29, 1.82) is 0 Å². The minimum atomic E-state index is -1.36. The molecule has 2 aromatic rings. The van der Waals surface area contributed by atoms with E-state index in [0.29, 0.717) is 24.5 Å². The zero-order chi connectivity index (χ0) is 25.0. The number of para-hydroxylation sites is 1. The van der Waals surface area contributed by atoms with Gasteiger partial charge in [0, 0.05) is 27.4 Å². The maximum absolute atomic E-state index is 13.2. The van der Waals surface area contributed by atoms with Crippen molar-refractivity contribution in [2.24, 2.45) is 0 Å². The number of esters is 2. The maximum Gasteiger partial charge on any atom is 0.352 e. The Labute approximate surface area is 204 Å². The number of benzene rings is 2. The average Bonchev–Trinajstić information content (AvgIpc) is 3.31. The number of hydrogen-bond donors (Lipinski definition) is 0. The highest BCUT2D eigenvalue weighted by molar-refractivity contribution is 6.16. The molecule has 4 rings (SSSR count). The first-order valence-corrected chi connectivity index (χ1v) is 11.3. The van der Waals surface area contributed by atoms with Crippen LogP contribution in [0.3, 0.4) is 0 Å². The summed E-state index contributed by atoms with van der Waals surface area (Å²) in [6.07, 6.45) is 2.33. The maximum atomic E-state index is 13.2. The molecule has 1 fully saturated rings. The minimum Gasteiger partial charge on any atom is -0.454 e. The van der Waals surface area contributed by atoms with Crippen LogP contribution in [0.25, 0.3) is 0 Å². The molecule has 0 saturated carbocycles. The van der Waals surface area contributed by atoms with Crippen molar-refractivity contribution >= 4 is 17.6 Å². The number of nitrogens with zero attached hydrogens (tertiary/aromatic N) is 3. The highest BCUT2D eigenvalue weighted by Crippen LogP contribution is 2.34. The molecular formula is C26H29N3O6. The monoisotopic (exact) mass is 479 g/mol. The summed E-state index contributed by atoms with van der Waals surface area (Å²) in [6, 6.07) is 19.3. The van der Waals surface area contributed by atoms with Crippen LogP contribution in [0.4, 0.5) is 5.69 Å². The van der Waals surface area contributed by atoms with E-state index in [1.165, 1.54) is 26.0 Å². The van der Waals surface area contributed by atoms with Gasteiger partial charge in [-0.3, -0.25) is 9.74 Å². The molecule has 0 bridgehead atoms. The predicted octanol–water partition coefficient (Wildman–Crippen LogP) is 3.37. The Kier molecular flexibility index (Phi) is 6.97. The van der Waals surface area contributed by atoms with Crippen molar-refractivity contribution in [3.63, 3.8) is 0 Å². The number of likely N-dealkylation sites (N-methyl/N-ethyl adjacent to an activating group) is 1. The molecule has 35 heavy (non-hydrogen) atoms. The molecule has 0 aliphatic carbocycles. The molecule has 184 valence electrons. The first-order valence-electron chi connectivity index (χ1n) is 11.3. The van der Waals surface area contributed by atoms with Crippen molar-refractivity contribution in [2.45, 2.75) is 26.1 Å². The summed E-state index contributed by atoms with van der Waals surface area (Å²) in [5.41, 5.74) is 1.58. The Hall–Kier alpha value is -3.98. The van der Waals surface area contributed by atoms with Crippen molar-refractivity contribution in [2.75, 3.05) is 32.3 Å². The Balaban J connectivity index is 1.83. The summed E-state index contributed by atoms with van der Waals surface area (Å²) < 4.78 is 16.8. The van der Waals surface area contributed by atoms with Crippen molar-refractivity contribution in [3.8, 4) is 0 Å². The third-order valence-electron chi connectivity index (χ3n) is 5.52. The number of cyclic esters (lactones) is 2. The van der Waals surface area contributed by atoms with Gasteiger partial charge < -0.3 is 19.1 Å². The molecule has 2 aliphatic rings. The molecule has 0 N–H and O–H groups in total. The predicted molar refractivity (Wildman–Crippen MR) is 128 cm³/mol. The summed E-state index contributed by atoms with van der Waals surface area (Å²) >= 11 is 0. The second-order valence-electron chi connectivity index (χ2n) is 8.55. The second-order valence-corrected chi connectivity index (χ2v) is 8.55. The summed E-state index contributed by atoms with van der Waals surface area (Å²) in [7, 11) is 3.34. The standard InChI is InChI=1S/C26H29N3O6/c1-26(2)34-24(30)22(25(31)35-26)23(27(3)16-15-19-11-7-5-8-12-19)29(20-13-9-6-10-14-20)21-17-28(32-4)18-33-21/h5-14,17H,15-16,18H2,1-4H3. The molecule has 9 heteroatoms. The number of hydrogen-bond acceptors (Lipinski definition) is 9. The number of carbonyl (C=O) groups is 2.